The zero-order chi connectivity index (χ0) is 15.4. The highest BCUT2D eigenvalue weighted by Crippen LogP contribution is 2.25. The molecule has 1 aliphatic heterocycles. The van der Waals surface area contributed by atoms with Gasteiger partial charge in [-0.3, -0.25) is 4.79 Å². The van der Waals surface area contributed by atoms with Gasteiger partial charge >= 0.3 is 0 Å². The van der Waals surface area contributed by atoms with Crippen molar-refractivity contribution in [3.63, 3.8) is 0 Å². The predicted octanol–water partition coefficient (Wildman–Crippen LogP) is 3.71. The van der Waals surface area contributed by atoms with Crippen molar-refractivity contribution in [1.29, 1.82) is 0 Å². The first-order valence-corrected chi connectivity index (χ1v) is 8.03. The Bertz CT molecular complexity index is 478. The number of carbonyl (C=O) groups is 1. The summed E-state index contributed by atoms with van der Waals surface area (Å²) in [5, 5.41) is 3.44. The highest BCUT2D eigenvalue weighted by molar-refractivity contribution is 5.93. The van der Waals surface area contributed by atoms with Gasteiger partial charge < -0.3 is 10.2 Å². The Kier molecular flexibility index (Phi) is 7.37. The van der Waals surface area contributed by atoms with Gasteiger partial charge in [-0.1, -0.05) is 13.0 Å². The first-order chi connectivity index (χ1) is 9.97. The lowest BCUT2D eigenvalue weighted by Gasteiger charge is -2.29. The van der Waals surface area contributed by atoms with Crippen molar-refractivity contribution in [3.8, 4) is 0 Å². The lowest BCUT2D eigenvalue weighted by molar-refractivity contribution is -0.119. The predicted molar refractivity (Wildman–Crippen MR) is 95.9 cm³/mol. The maximum atomic E-state index is 12.5. The fourth-order valence-electron chi connectivity index (χ4n) is 3.23. The molecule has 1 saturated heterocycles. The Labute approximate surface area is 140 Å². The van der Waals surface area contributed by atoms with E-state index in [1.807, 2.05) is 11.9 Å². The van der Waals surface area contributed by atoms with Gasteiger partial charge in [-0.15, -0.1) is 12.4 Å². The van der Waals surface area contributed by atoms with E-state index in [-0.39, 0.29) is 18.3 Å². The Morgan fingerprint density at radius 2 is 1.95 bits per heavy atom. The average Bonchev–Trinajstić information content (AvgIpc) is 2.46. The van der Waals surface area contributed by atoms with E-state index in [1.54, 1.807) is 0 Å². The maximum Gasteiger partial charge on any atom is 0.226 e. The van der Waals surface area contributed by atoms with Crippen molar-refractivity contribution in [2.24, 2.45) is 11.8 Å². The lowest BCUT2D eigenvalue weighted by atomic mass is 9.85. The molecule has 1 fully saturated rings. The molecule has 0 aliphatic carbocycles. The molecule has 1 aromatic rings. The molecule has 1 aliphatic rings. The fourth-order valence-corrected chi connectivity index (χ4v) is 3.23. The number of rotatable bonds is 4. The van der Waals surface area contributed by atoms with E-state index in [9.17, 15) is 4.79 Å². The van der Waals surface area contributed by atoms with Gasteiger partial charge in [-0.25, -0.2) is 0 Å². The van der Waals surface area contributed by atoms with Gasteiger partial charge in [0.15, 0.2) is 0 Å². The Morgan fingerprint density at radius 3 is 2.50 bits per heavy atom. The zero-order valence-electron chi connectivity index (χ0n) is 14.2. The van der Waals surface area contributed by atoms with Gasteiger partial charge in [0.25, 0.3) is 0 Å². The lowest BCUT2D eigenvalue weighted by Crippen LogP contribution is -2.36. The number of piperidine rings is 1. The molecule has 1 N–H and O–H groups in total. The van der Waals surface area contributed by atoms with Crippen LogP contribution in [0, 0.1) is 25.7 Å². The Morgan fingerprint density at radius 1 is 1.32 bits per heavy atom. The van der Waals surface area contributed by atoms with E-state index in [0.717, 1.165) is 18.8 Å². The number of carbonyl (C=O) groups excluding carboxylic acids is 1. The summed E-state index contributed by atoms with van der Waals surface area (Å²) in [6.07, 6.45) is 3.11. The Hall–Kier alpha value is -1.06. The summed E-state index contributed by atoms with van der Waals surface area (Å²) in [6, 6.07) is 6.30. The second-order valence-electron chi connectivity index (χ2n) is 6.59. The molecule has 0 spiro atoms. The molecule has 0 aromatic heterocycles. The monoisotopic (exact) mass is 324 g/mol. The molecule has 2 atom stereocenters. The molecular formula is C18H29ClN2O. The van der Waals surface area contributed by atoms with Crippen LogP contribution in [0.5, 0.6) is 0 Å². The van der Waals surface area contributed by atoms with Gasteiger partial charge in [0.1, 0.15) is 0 Å². The third kappa shape index (κ3) is 4.99. The zero-order valence-corrected chi connectivity index (χ0v) is 15.0. The molecule has 0 radical (unpaired) electrons. The number of anilines is 1. The SMILES string of the molecule is Cc1cc(C)cc(N(C)C(=O)CC(C)C2CCCNC2)c1.Cl. The summed E-state index contributed by atoms with van der Waals surface area (Å²) in [5.74, 6) is 1.30. The van der Waals surface area contributed by atoms with Gasteiger partial charge in [0, 0.05) is 19.2 Å². The summed E-state index contributed by atoms with van der Waals surface area (Å²) in [7, 11) is 1.89. The molecule has 3 nitrogen and oxygen atoms in total. The van der Waals surface area contributed by atoms with Crippen LogP contribution < -0.4 is 10.2 Å². The number of halogens is 1. The number of hydrogen-bond donors (Lipinski definition) is 1. The van der Waals surface area contributed by atoms with Crippen LogP contribution in [0.2, 0.25) is 0 Å². The van der Waals surface area contributed by atoms with Crippen molar-refractivity contribution < 1.29 is 4.79 Å². The van der Waals surface area contributed by atoms with E-state index in [2.05, 4.69) is 44.3 Å². The number of hydrogen-bond acceptors (Lipinski definition) is 2. The molecule has 1 heterocycles. The van der Waals surface area contributed by atoms with Crippen LogP contribution in [0.15, 0.2) is 18.2 Å². The second-order valence-corrected chi connectivity index (χ2v) is 6.59. The van der Waals surface area contributed by atoms with Gasteiger partial charge in [-0.05, 0) is 74.9 Å². The second kappa shape index (κ2) is 8.54. The molecular weight excluding hydrogens is 296 g/mol. The Balaban J connectivity index is 0.00000242. The summed E-state index contributed by atoms with van der Waals surface area (Å²) < 4.78 is 0. The molecule has 22 heavy (non-hydrogen) atoms. The minimum absolute atomic E-state index is 0. The standard InChI is InChI=1S/C18H28N2O.ClH/c1-13-8-14(2)10-17(9-13)20(4)18(21)11-15(3)16-6-5-7-19-12-16;/h8-10,15-16,19H,5-7,11-12H2,1-4H3;1H. The summed E-state index contributed by atoms with van der Waals surface area (Å²) in [6.45, 7) is 8.54. The van der Waals surface area contributed by atoms with Gasteiger partial charge in [-0.2, -0.15) is 0 Å². The van der Waals surface area contributed by atoms with Crippen molar-refractivity contribution in [2.45, 2.75) is 40.0 Å². The van der Waals surface area contributed by atoms with Crippen LogP contribution in [-0.4, -0.2) is 26.0 Å². The van der Waals surface area contributed by atoms with Crippen molar-refractivity contribution in [1.82, 2.24) is 5.32 Å². The minimum atomic E-state index is 0. The van der Waals surface area contributed by atoms with Crippen LogP contribution in [-0.2, 0) is 4.79 Å². The van der Waals surface area contributed by atoms with Crippen molar-refractivity contribution in [2.75, 3.05) is 25.0 Å². The first kappa shape index (κ1) is 19.0. The van der Waals surface area contributed by atoms with Crippen LogP contribution >= 0.6 is 12.4 Å². The maximum absolute atomic E-state index is 12.5. The fraction of sp³-hybridized carbons (Fsp3) is 0.611. The molecule has 1 amide bonds. The quantitative estimate of drug-likeness (QED) is 0.915. The van der Waals surface area contributed by atoms with E-state index in [0.29, 0.717) is 18.3 Å². The molecule has 1 aromatic carbocycles. The molecule has 4 heteroatoms. The third-order valence-corrected chi connectivity index (χ3v) is 4.60. The van der Waals surface area contributed by atoms with Crippen LogP contribution in [0.25, 0.3) is 0 Å². The van der Waals surface area contributed by atoms with E-state index in [1.165, 1.54) is 24.0 Å². The minimum Gasteiger partial charge on any atom is -0.316 e. The molecule has 2 rings (SSSR count). The topological polar surface area (TPSA) is 32.3 Å². The summed E-state index contributed by atoms with van der Waals surface area (Å²) in [4.78, 5) is 14.3. The number of nitrogens with zero attached hydrogens (tertiary/aromatic N) is 1. The average molecular weight is 325 g/mol. The molecule has 0 saturated carbocycles. The van der Waals surface area contributed by atoms with E-state index < -0.39 is 0 Å². The summed E-state index contributed by atoms with van der Waals surface area (Å²) in [5.41, 5.74) is 3.41. The first-order valence-electron chi connectivity index (χ1n) is 8.03. The van der Waals surface area contributed by atoms with Crippen LogP contribution in [0.1, 0.15) is 37.3 Å². The third-order valence-electron chi connectivity index (χ3n) is 4.60. The number of nitrogens with one attached hydrogen (secondary N) is 1. The van der Waals surface area contributed by atoms with Crippen molar-refractivity contribution in [3.05, 3.63) is 29.3 Å². The van der Waals surface area contributed by atoms with Gasteiger partial charge in [0.05, 0.1) is 0 Å². The van der Waals surface area contributed by atoms with Gasteiger partial charge in [0.2, 0.25) is 5.91 Å². The highest BCUT2D eigenvalue weighted by Gasteiger charge is 2.23. The van der Waals surface area contributed by atoms with Crippen LogP contribution in [0.3, 0.4) is 0 Å². The summed E-state index contributed by atoms with van der Waals surface area (Å²) >= 11 is 0. The largest absolute Gasteiger partial charge is 0.316 e. The van der Waals surface area contributed by atoms with E-state index >= 15 is 0 Å². The van der Waals surface area contributed by atoms with Crippen molar-refractivity contribution >= 4 is 24.0 Å². The number of aryl methyl sites for hydroxylation is 2. The normalized spacial score (nSPS) is 19.2. The molecule has 124 valence electrons. The highest BCUT2D eigenvalue weighted by atomic mass is 35.5. The number of amides is 1. The molecule has 0 bridgehead atoms. The number of benzene rings is 1. The molecule has 2 unspecified atom stereocenters. The van der Waals surface area contributed by atoms with E-state index in [4.69, 9.17) is 0 Å². The van der Waals surface area contributed by atoms with Crippen LogP contribution in [0.4, 0.5) is 5.69 Å². The smallest absolute Gasteiger partial charge is 0.226 e.